The van der Waals surface area contributed by atoms with E-state index in [-0.39, 0.29) is 0 Å². The first-order valence-electron chi connectivity index (χ1n) is 7.66. The van der Waals surface area contributed by atoms with Crippen LogP contribution in [0, 0.1) is 17.3 Å². The molecular weight excluding hydrogens is 250 g/mol. The van der Waals surface area contributed by atoms with Crippen LogP contribution >= 0.6 is 11.8 Å². The Balaban J connectivity index is 1.54. The zero-order valence-electron chi connectivity index (χ0n) is 11.7. The molecule has 1 nitrogen and oxygen atoms in total. The minimum absolute atomic E-state index is 0.602. The number of hydrogen-bond donors (Lipinski definition) is 1. The average molecular weight is 273 g/mol. The van der Waals surface area contributed by atoms with Gasteiger partial charge in [0, 0.05) is 17.2 Å². The molecule has 0 amide bonds. The molecule has 0 saturated heterocycles. The molecule has 2 heteroatoms. The highest BCUT2D eigenvalue weighted by molar-refractivity contribution is 7.99. The molecule has 2 saturated carbocycles. The summed E-state index contributed by atoms with van der Waals surface area (Å²) in [5, 5.41) is 3.48. The smallest absolute Gasteiger partial charge is 0.0107 e. The van der Waals surface area contributed by atoms with E-state index in [0.717, 1.165) is 17.8 Å². The fourth-order valence-corrected chi connectivity index (χ4v) is 5.94. The molecule has 3 aliphatic rings. The summed E-state index contributed by atoms with van der Waals surface area (Å²) in [5.74, 6) is 4.27. The predicted octanol–water partition coefficient (Wildman–Crippen LogP) is 3.90. The van der Waals surface area contributed by atoms with Crippen molar-refractivity contribution in [2.24, 2.45) is 17.3 Å². The van der Waals surface area contributed by atoms with Gasteiger partial charge >= 0.3 is 0 Å². The van der Waals surface area contributed by atoms with E-state index >= 15 is 0 Å². The molecule has 2 aliphatic carbocycles. The molecule has 0 bridgehead atoms. The van der Waals surface area contributed by atoms with Crippen LogP contribution in [0.5, 0.6) is 0 Å². The summed E-state index contributed by atoms with van der Waals surface area (Å²) in [7, 11) is 2.13. The van der Waals surface area contributed by atoms with Crippen LogP contribution in [0.1, 0.15) is 37.2 Å². The lowest BCUT2D eigenvalue weighted by molar-refractivity contribution is 0.222. The molecule has 1 aromatic rings. The van der Waals surface area contributed by atoms with Gasteiger partial charge in [0.25, 0.3) is 0 Å². The lowest BCUT2D eigenvalue weighted by atomic mass is 9.74. The summed E-state index contributed by atoms with van der Waals surface area (Å²) in [4.78, 5) is 1.54. The van der Waals surface area contributed by atoms with Gasteiger partial charge in [0.1, 0.15) is 0 Å². The van der Waals surface area contributed by atoms with E-state index in [2.05, 4.69) is 48.4 Å². The Morgan fingerprint density at radius 1 is 1.26 bits per heavy atom. The van der Waals surface area contributed by atoms with Crippen LogP contribution in [0.3, 0.4) is 0 Å². The number of rotatable bonds is 4. The molecule has 3 unspecified atom stereocenters. The molecule has 1 aliphatic heterocycles. The highest BCUT2D eigenvalue weighted by Crippen LogP contribution is 2.62. The van der Waals surface area contributed by atoms with Crippen molar-refractivity contribution >= 4 is 11.8 Å². The van der Waals surface area contributed by atoms with Crippen molar-refractivity contribution in [2.75, 3.05) is 19.3 Å². The van der Waals surface area contributed by atoms with Crippen molar-refractivity contribution in [2.45, 2.75) is 36.5 Å². The van der Waals surface area contributed by atoms with E-state index in [1.165, 1.54) is 42.9 Å². The van der Waals surface area contributed by atoms with Gasteiger partial charge in [-0.15, -0.1) is 11.8 Å². The van der Waals surface area contributed by atoms with Crippen LogP contribution in [0.25, 0.3) is 0 Å². The number of benzene rings is 1. The Morgan fingerprint density at radius 2 is 2.05 bits per heavy atom. The van der Waals surface area contributed by atoms with Gasteiger partial charge in [-0.1, -0.05) is 18.2 Å². The maximum atomic E-state index is 3.48. The Kier molecular flexibility index (Phi) is 2.93. The minimum atomic E-state index is 0.602. The third-order valence-corrected chi connectivity index (χ3v) is 6.74. The summed E-state index contributed by atoms with van der Waals surface area (Å²) in [5.41, 5.74) is 2.23. The van der Waals surface area contributed by atoms with Gasteiger partial charge in [0.05, 0.1) is 0 Å². The van der Waals surface area contributed by atoms with E-state index in [1.54, 1.807) is 5.56 Å². The lowest BCUT2D eigenvalue weighted by Crippen LogP contribution is -2.33. The summed E-state index contributed by atoms with van der Waals surface area (Å²) in [6.07, 6.45) is 5.91. The summed E-state index contributed by atoms with van der Waals surface area (Å²) in [6, 6.07) is 9.07. The van der Waals surface area contributed by atoms with Gasteiger partial charge in [0.2, 0.25) is 0 Å². The summed E-state index contributed by atoms with van der Waals surface area (Å²) in [6.45, 7) is 1.23. The Labute approximate surface area is 120 Å². The zero-order valence-corrected chi connectivity index (χ0v) is 12.5. The molecule has 19 heavy (non-hydrogen) atoms. The predicted molar refractivity (Wildman–Crippen MR) is 81.7 cm³/mol. The molecule has 3 atom stereocenters. The fourth-order valence-electron chi connectivity index (χ4n) is 4.69. The maximum absolute atomic E-state index is 3.48. The molecule has 102 valence electrons. The molecule has 4 rings (SSSR count). The van der Waals surface area contributed by atoms with Gasteiger partial charge < -0.3 is 5.32 Å². The van der Waals surface area contributed by atoms with Crippen molar-refractivity contribution in [3.05, 3.63) is 29.8 Å². The van der Waals surface area contributed by atoms with Crippen LogP contribution in [-0.2, 0) is 0 Å². The van der Waals surface area contributed by atoms with Crippen LogP contribution in [-0.4, -0.2) is 19.3 Å². The quantitative estimate of drug-likeness (QED) is 0.893. The van der Waals surface area contributed by atoms with Crippen molar-refractivity contribution in [3.8, 4) is 0 Å². The van der Waals surface area contributed by atoms with E-state index in [9.17, 15) is 0 Å². The highest BCUT2D eigenvalue weighted by Gasteiger charge is 2.54. The summed E-state index contributed by atoms with van der Waals surface area (Å²) >= 11 is 2.07. The fraction of sp³-hybridized carbons (Fsp3) is 0.647. The van der Waals surface area contributed by atoms with Crippen LogP contribution in [0.4, 0.5) is 0 Å². The van der Waals surface area contributed by atoms with Crippen molar-refractivity contribution in [1.29, 1.82) is 0 Å². The largest absolute Gasteiger partial charge is 0.319 e. The first kappa shape index (κ1) is 12.3. The first-order chi connectivity index (χ1) is 9.30. The number of fused-ring (bicyclic) bond motifs is 2. The molecule has 0 spiro atoms. The topological polar surface area (TPSA) is 12.0 Å². The van der Waals surface area contributed by atoms with Crippen molar-refractivity contribution in [1.82, 2.24) is 5.32 Å². The normalized spacial score (nSPS) is 39.1. The van der Waals surface area contributed by atoms with Crippen LogP contribution in [0.15, 0.2) is 29.2 Å². The minimum Gasteiger partial charge on any atom is -0.319 e. The molecule has 1 aromatic carbocycles. The Hall–Kier alpha value is -0.470. The number of thioether (sulfide) groups is 1. The SMILES string of the molecule is CNCC1(CC2CSc3ccccc32)CC2CC2C1. The van der Waals surface area contributed by atoms with Gasteiger partial charge in [-0.2, -0.15) is 0 Å². The molecule has 0 radical (unpaired) electrons. The third kappa shape index (κ3) is 2.13. The number of nitrogens with one attached hydrogen (secondary N) is 1. The van der Waals surface area contributed by atoms with Crippen LogP contribution in [0.2, 0.25) is 0 Å². The highest BCUT2D eigenvalue weighted by atomic mass is 32.2. The Morgan fingerprint density at radius 3 is 2.84 bits per heavy atom. The number of hydrogen-bond acceptors (Lipinski definition) is 2. The second kappa shape index (κ2) is 4.53. The van der Waals surface area contributed by atoms with Crippen molar-refractivity contribution < 1.29 is 0 Å². The standard InChI is InChI=1S/C17H23NS/c1-18-11-17(7-12-6-13(12)8-17)9-14-10-19-16-5-3-2-4-15(14)16/h2-5,12-14,18H,6-11H2,1H3. The van der Waals surface area contributed by atoms with E-state index < -0.39 is 0 Å². The third-order valence-electron chi connectivity index (χ3n) is 5.49. The van der Waals surface area contributed by atoms with E-state index in [4.69, 9.17) is 0 Å². The molecule has 0 aromatic heterocycles. The maximum Gasteiger partial charge on any atom is 0.0107 e. The lowest BCUT2D eigenvalue weighted by Gasteiger charge is -2.33. The monoisotopic (exact) mass is 273 g/mol. The Bertz CT molecular complexity index is 474. The molecule has 2 fully saturated rings. The van der Waals surface area contributed by atoms with Gasteiger partial charge in [-0.3, -0.25) is 0 Å². The molecule has 1 N–H and O–H groups in total. The van der Waals surface area contributed by atoms with Gasteiger partial charge in [-0.25, -0.2) is 0 Å². The van der Waals surface area contributed by atoms with Crippen LogP contribution < -0.4 is 5.32 Å². The van der Waals surface area contributed by atoms with Gasteiger partial charge in [-0.05, 0) is 67.5 Å². The molecule has 1 heterocycles. The first-order valence-corrected chi connectivity index (χ1v) is 8.65. The second-order valence-electron chi connectivity index (χ2n) is 6.94. The van der Waals surface area contributed by atoms with Gasteiger partial charge in [0.15, 0.2) is 0 Å². The van der Waals surface area contributed by atoms with E-state index in [1.807, 2.05) is 0 Å². The second-order valence-corrected chi connectivity index (χ2v) is 8.01. The zero-order chi connectivity index (χ0) is 12.9. The van der Waals surface area contributed by atoms with Crippen molar-refractivity contribution in [3.63, 3.8) is 0 Å². The molecular formula is C17H23NS. The average Bonchev–Trinajstić information content (AvgIpc) is 2.85. The summed E-state index contributed by atoms with van der Waals surface area (Å²) < 4.78 is 0. The van der Waals surface area contributed by atoms with E-state index in [0.29, 0.717) is 5.41 Å².